The third-order valence-corrected chi connectivity index (χ3v) is 2.63. The second-order valence-electron chi connectivity index (χ2n) is 3.05. The Labute approximate surface area is 89.3 Å². The molecule has 0 aliphatic heterocycles. The van der Waals surface area contributed by atoms with E-state index in [1.165, 1.54) is 19.1 Å². The van der Waals surface area contributed by atoms with Crippen LogP contribution < -0.4 is 0 Å². The van der Waals surface area contributed by atoms with Crippen molar-refractivity contribution in [2.75, 3.05) is 0 Å². The monoisotopic (exact) mass is 262 g/mol. The quantitative estimate of drug-likeness (QED) is 0.739. The fourth-order valence-corrected chi connectivity index (χ4v) is 1.93. The SMILES string of the molecule is CC(=O)c1cc(C(F)F)c(C)cc1Br. The Hall–Kier alpha value is -0.770. The number of Topliss-reactive ketones (excluding diaryl/α,β-unsaturated/α-hetero) is 1. The van der Waals surface area contributed by atoms with Crippen molar-refractivity contribution in [3.8, 4) is 0 Å². The number of ketones is 1. The molecule has 0 N–H and O–H groups in total. The minimum absolute atomic E-state index is 0.0848. The van der Waals surface area contributed by atoms with Gasteiger partial charge in [0, 0.05) is 15.6 Å². The molecule has 0 saturated carbocycles. The normalized spacial score (nSPS) is 10.7. The molecule has 0 spiro atoms. The lowest BCUT2D eigenvalue weighted by Crippen LogP contribution is -1.98. The summed E-state index contributed by atoms with van der Waals surface area (Å²) in [5.74, 6) is -0.223. The van der Waals surface area contributed by atoms with Gasteiger partial charge in [-0.1, -0.05) is 15.9 Å². The number of carbonyl (C=O) groups is 1. The van der Waals surface area contributed by atoms with E-state index in [9.17, 15) is 13.6 Å². The number of hydrogen-bond donors (Lipinski definition) is 0. The lowest BCUT2D eigenvalue weighted by atomic mass is 10.0. The van der Waals surface area contributed by atoms with Gasteiger partial charge >= 0.3 is 0 Å². The predicted molar refractivity (Wildman–Crippen MR) is 53.8 cm³/mol. The number of hydrogen-bond acceptors (Lipinski definition) is 1. The highest BCUT2D eigenvalue weighted by atomic mass is 79.9. The molecule has 0 atom stereocenters. The summed E-state index contributed by atoms with van der Waals surface area (Å²) in [4.78, 5) is 11.1. The molecule has 1 nitrogen and oxygen atoms in total. The fraction of sp³-hybridized carbons (Fsp3) is 0.300. The minimum atomic E-state index is -2.54. The highest BCUT2D eigenvalue weighted by Gasteiger charge is 2.15. The molecule has 0 aliphatic carbocycles. The van der Waals surface area contributed by atoms with Crippen LogP contribution in [-0.4, -0.2) is 5.78 Å². The predicted octanol–water partition coefficient (Wildman–Crippen LogP) is 3.90. The maximum atomic E-state index is 12.5. The van der Waals surface area contributed by atoms with Gasteiger partial charge < -0.3 is 0 Å². The van der Waals surface area contributed by atoms with Crippen LogP contribution in [0.25, 0.3) is 0 Å². The molecule has 4 heteroatoms. The molecular weight excluding hydrogens is 254 g/mol. The van der Waals surface area contributed by atoms with E-state index < -0.39 is 6.43 Å². The first-order valence-electron chi connectivity index (χ1n) is 4.02. The van der Waals surface area contributed by atoms with Gasteiger partial charge in [-0.25, -0.2) is 8.78 Å². The van der Waals surface area contributed by atoms with Crippen molar-refractivity contribution in [2.24, 2.45) is 0 Å². The molecule has 1 aromatic rings. The third-order valence-electron chi connectivity index (χ3n) is 1.97. The topological polar surface area (TPSA) is 17.1 Å². The highest BCUT2D eigenvalue weighted by molar-refractivity contribution is 9.10. The number of carbonyl (C=O) groups excluding carboxylic acids is 1. The Morgan fingerprint density at radius 1 is 1.43 bits per heavy atom. The van der Waals surface area contributed by atoms with Gasteiger partial charge in [0.1, 0.15) is 0 Å². The number of alkyl halides is 2. The van der Waals surface area contributed by atoms with Crippen molar-refractivity contribution in [1.82, 2.24) is 0 Å². The van der Waals surface area contributed by atoms with Gasteiger partial charge in [-0.3, -0.25) is 4.79 Å². The van der Waals surface area contributed by atoms with E-state index in [2.05, 4.69) is 15.9 Å². The first kappa shape index (κ1) is 11.3. The Balaban J connectivity index is 3.34. The van der Waals surface area contributed by atoms with E-state index in [0.29, 0.717) is 15.6 Å². The largest absolute Gasteiger partial charge is 0.294 e. The molecule has 76 valence electrons. The third kappa shape index (κ3) is 2.18. The van der Waals surface area contributed by atoms with Crippen molar-refractivity contribution >= 4 is 21.7 Å². The standard InChI is InChI=1S/C10H9BrF2O/c1-5-3-9(11)8(6(2)14)4-7(5)10(12)13/h3-4,10H,1-2H3. The molecule has 0 radical (unpaired) electrons. The summed E-state index contributed by atoms with van der Waals surface area (Å²) in [6.45, 7) is 2.95. The van der Waals surface area contributed by atoms with E-state index in [1.54, 1.807) is 6.92 Å². The van der Waals surface area contributed by atoms with Gasteiger partial charge in [0.05, 0.1) is 0 Å². The van der Waals surface area contributed by atoms with Crippen LogP contribution in [0, 0.1) is 6.92 Å². The number of benzene rings is 1. The maximum Gasteiger partial charge on any atom is 0.264 e. The highest BCUT2D eigenvalue weighted by Crippen LogP contribution is 2.28. The molecule has 0 bridgehead atoms. The van der Waals surface area contributed by atoms with Gasteiger partial charge in [0.2, 0.25) is 0 Å². The second kappa shape index (κ2) is 4.17. The van der Waals surface area contributed by atoms with E-state index in [-0.39, 0.29) is 11.3 Å². The van der Waals surface area contributed by atoms with E-state index in [4.69, 9.17) is 0 Å². The number of rotatable bonds is 2. The van der Waals surface area contributed by atoms with Crippen molar-refractivity contribution in [1.29, 1.82) is 0 Å². The van der Waals surface area contributed by atoms with Crippen molar-refractivity contribution in [3.63, 3.8) is 0 Å². The molecule has 0 amide bonds. The first-order valence-corrected chi connectivity index (χ1v) is 4.82. The number of aryl methyl sites for hydroxylation is 1. The first-order chi connectivity index (χ1) is 6.43. The molecule has 0 unspecified atom stereocenters. The van der Waals surface area contributed by atoms with Gasteiger partial charge in [-0.15, -0.1) is 0 Å². The zero-order chi connectivity index (χ0) is 10.9. The molecule has 0 aromatic heterocycles. The zero-order valence-electron chi connectivity index (χ0n) is 7.77. The molecule has 0 saturated heterocycles. The summed E-state index contributed by atoms with van der Waals surface area (Å²) >= 11 is 3.17. The van der Waals surface area contributed by atoms with E-state index >= 15 is 0 Å². The van der Waals surface area contributed by atoms with Crippen molar-refractivity contribution in [3.05, 3.63) is 33.3 Å². The van der Waals surface area contributed by atoms with Crippen LogP contribution in [0.4, 0.5) is 8.78 Å². The number of halogens is 3. The van der Waals surface area contributed by atoms with Crippen LogP contribution in [0.3, 0.4) is 0 Å². The summed E-state index contributed by atoms with van der Waals surface area (Å²) in [6, 6.07) is 2.78. The average Bonchev–Trinajstić information content (AvgIpc) is 2.02. The van der Waals surface area contributed by atoms with Gasteiger partial charge in [-0.05, 0) is 31.5 Å². The molecule has 0 heterocycles. The van der Waals surface area contributed by atoms with Crippen molar-refractivity contribution < 1.29 is 13.6 Å². The van der Waals surface area contributed by atoms with Crippen LogP contribution in [0.5, 0.6) is 0 Å². The fourth-order valence-electron chi connectivity index (χ4n) is 1.19. The Bertz CT molecular complexity index is 375. The van der Waals surface area contributed by atoms with E-state index in [1.807, 2.05) is 0 Å². The molecular formula is C10H9BrF2O. The smallest absolute Gasteiger partial charge is 0.264 e. The van der Waals surface area contributed by atoms with Crippen LogP contribution in [0.2, 0.25) is 0 Å². The lowest BCUT2D eigenvalue weighted by molar-refractivity contribution is 0.101. The maximum absolute atomic E-state index is 12.5. The summed E-state index contributed by atoms with van der Waals surface area (Å²) in [7, 11) is 0. The molecule has 0 aliphatic rings. The van der Waals surface area contributed by atoms with E-state index in [0.717, 1.165) is 0 Å². The van der Waals surface area contributed by atoms with Crippen molar-refractivity contribution in [2.45, 2.75) is 20.3 Å². The summed E-state index contributed by atoms with van der Waals surface area (Å²) in [6.07, 6.45) is -2.54. The molecule has 0 fully saturated rings. The molecule has 1 rings (SSSR count). The van der Waals surface area contributed by atoms with Crippen LogP contribution >= 0.6 is 15.9 Å². The summed E-state index contributed by atoms with van der Waals surface area (Å²) < 4.78 is 25.5. The second-order valence-corrected chi connectivity index (χ2v) is 3.90. The Morgan fingerprint density at radius 2 is 2.00 bits per heavy atom. The van der Waals surface area contributed by atoms with Crippen LogP contribution in [0.15, 0.2) is 16.6 Å². The Morgan fingerprint density at radius 3 is 2.43 bits per heavy atom. The lowest BCUT2D eigenvalue weighted by Gasteiger charge is -2.08. The minimum Gasteiger partial charge on any atom is -0.294 e. The van der Waals surface area contributed by atoms with Gasteiger partial charge in [0.15, 0.2) is 5.78 Å². The summed E-state index contributed by atoms with van der Waals surface area (Å²) in [5.41, 5.74) is 0.696. The van der Waals surface area contributed by atoms with Crippen LogP contribution in [-0.2, 0) is 0 Å². The van der Waals surface area contributed by atoms with Gasteiger partial charge in [0.25, 0.3) is 6.43 Å². The summed E-state index contributed by atoms with van der Waals surface area (Å²) in [5, 5.41) is 0. The molecule has 14 heavy (non-hydrogen) atoms. The van der Waals surface area contributed by atoms with Gasteiger partial charge in [-0.2, -0.15) is 0 Å². The Kier molecular flexibility index (Phi) is 3.37. The van der Waals surface area contributed by atoms with Crippen LogP contribution in [0.1, 0.15) is 34.8 Å². The average molecular weight is 263 g/mol. The molecule has 1 aromatic carbocycles. The zero-order valence-corrected chi connectivity index (χ0v) is 9.36.